The van der Waals surface area contributed by atoms with Gasteiger partial charge in [0.15, 0.2) is 0 Å². The van der Waals surface area contributed by atoms with Crippen LogP contribution in [0.2, 0.25) is 0 Å². The Morgan fingerprint density at radius 2 is 2.05 bits per heavy atom. The van der Waals surface area contributed by atoms with Gasteiger partial charge in [0.2, 0.25) is 0 Å². The monoisotopic (exact) mass is 305 g/mol. The Kier molecular flexibility index (Phi) is 5.40. The molecule has 0 spiro atoms. The first-order valence-corrected chi connectivity index (χ1v) is 6.22. The van der Waals surface area contributed by atoms with Crippen LogP contribution in [0.4, 0.5) is 13.2 Å². The average Bonchev–Trinajstić information content (AvgIpc) is 2.36. The van der Waals surface area contributed by atoms with E-state index in [1.54, 1.807) is 13.0 Å². The third-order valence-electron chi connectivity index (χ3n) is 2.62. The van der Waals surface area contributed by atoms with Crippen molar-refractivity contribution in [3.63, 3.8) is 0 Å². The molecule has 20 heavy (non-hydrogen) atoms. The number of benzene rings is 1. The Balaban J connectivity index is 3.41. The van der Waals surface area contributed by atoms with Crippen molar-refractivity contribution in [3.8, 4) is 6.07 Å². The first kappa shape index (κ1) is 16.3. The van der Waals surface area contributed by atoms with Gasteiger partial charge in [0.1, 0.15) is 0 Å². The average molecular weight is 306 g/mol. The molecule has 0 unspecified atom stereocenters. The minimum Gasteiger partial charge on any atom is -0.466 e. The molecule has 0 saturated heterocycles. The molecular formula is C13H11ClF3NO2. The van der Waals surface area contributed by atoms with Crippen molar-refractivity contribution in [2.75, 3.05) is 6.61 Å². The van der Waals surface area contributed by atoms with Crippen molar-refractivity contribution >= 4 is 17.6 Å². The Morgan fingerprint density at radius 1 is 1.40 bits per heavy atom. The van der Waals surface area contributed by atoms with Crippen LogP contribution in [0.1, 0.15) is 29.2 Å². The van der Waals surface area contributed by atoms with Gasteiger partial charge in [0.05, 0.1) is 30.2 Å². The molecule has 0 heterocycles. The van der Waals surface area contributed by atoms with E-state index in [4.69, 9.17) is 16.9 Å². The van der Waals surface area contributed by atoms with E-state index in [1.165, 1.54) is 0 Å². The fourth-order valence-electron chi connectivity index (χ4n) is 1.77. The van der Waals surface area contributed by atoms with Gasteiger partial charge in [-0.25, -0.2) is 0 Å². The molecule has 0 aliphatic heterocycles. The standard InChI is InChI=1S/C13H11ClF3NO2/c1-2-20-12(19)5-9-10(6-14)8(7-18)3-4-11(9)13(15,16)17/h3-4H,2,5-6H2,1H3. The van der Waals surface area contributed by atoms with Crippen molar-refractivity contribution < 1.29 is 22.7 Å². The van der Waals surface area contributed by atoms with Gasteiger partial charge in [0, 0.05) is 5.88 Å². The van der Waals surface area contributed by atoms with Gasteiger partial charge in [0.25, 0.3) is 0 Å². The largest absolute Gasteiger partial charge is 0.466 e. The minimum absolute atomic E-state index is 0.0112. The lowest BCUT2D eigenvalue weighted by Crippen LogP contribution is -2.17. The number of hydrogen-bond donors (Lipinski definition) is 0. The summed E-state index contributed by atoms with van der Waals surface area (Å²) in [6.07, 6.45) is -5.20. The molecule has 1 rings (SSSR count). The molecule has 3 nitrogen and oxygen atoms in total. The number of alkyl halides is 4. The molecule has 0 aromatic heterocycles. The smallest absolute Gasteiger partial charge is 0.416 e. The first-order valence-electron chi connectivity index (χ1n) is 5.68. The molecule has 0 saturated carbocycles. The predicted octanol–water partition coefficient (Wildman–Crippen LogP) is 3.42. The lowest BCUT2D eigenvalue weighted by atomic mass is 9.94. The summed E-state index contributed by atoms with van der Waals surface area (Å²) in [7, 11) is 0. The van der Waals surface area contributed by atoms with E-state index >= 15 is 0 Å². The molecule has 0 atom stereocenters. The highest BCUT2D eigenvalue weighted by Gasteiger charge is 2.35. The predicted molar refractivity (Wildman–Crippen MR) is 66.1 cm³/mol. The van der Waals surface area contributed by atoms with Gasteiger partial charge in [-0.15, -0.1) is 11.6 Å². The van der Waals surface area contributed by atoms with Crippen LogP contribution in [0.25, 0.3) is 0 Å². The summed E-state index contributed by atoms with van der Waals surface area (Å²) in [4.78, 5) is 11.4. The molecule has 1 aromatic carbocycles. The SMILES string of the molecule is CCOC(=O)Cc1c(C(F)(F)F)ccc(C#N)c1CCl. The summed E-state index contributed by atoms with van der Waals surface area (Å²) in [5.41, 5.74) is -1.24. The van der Waals surface area contributed by atoms with Gasteiger partial charge >= 0.3 is 12.1 Å². The quantitative estimate of drug-likeness (QED) is 0.632. The Morgan fingerprint density at radius 3 is 2.50 bits per heavy atom. The third kappa shape index (κ3) is 3.64. The molecule has 0 N–H and O–H groups in total. The Bertz CT molecular complexity index is 550. The number of ether oxygens (including phenoxy) is 1. The first-order chi connectivity index (χ1) is 9.35. The van der Waals surface area contributed by atoms with Crippen LogP contribution < -0.4 is 0 Å². The highest BCUT2D eigenvalue weighted by Crippen LogP contribution is 2.35. The van der Waals surface area contributed by atoms with E-state index in [1.807, 2.05) is 0 Å². The zero-order valence-corrected chi connectivity index (χ0v) is 11.3. The lowest BCUT2D eigenvalue weighted by Gasteiger charge is -2.16. The maximum Gasteiger partial charge on any atom is 0.416 e. The highest BCUT2D eigenvalue weighted by atomic mass is 35.5. The van der Waals surface area contributed by atoms with Crippen LogP contribution >= 0.6 is 11.6 Å². The molecule has 1 aromatic rings. The fraction of sp³-hybridized carbons (Fsp3) is 0.385. The number of nitrogens with zero attached hydrogens (tertiary/aromatic N) is 1. The Hall–Kier alpha value is -1.74. The summed E-state index contributed by atoms with van der Waals surface area (Å²) < 4.78 is 43.5. The number of halogens is 4. The van der Waals surface area contributed by atoms with Crippen molar-refractivity contribution in [2.24, 2.45) is 0 Å². The zero-order chi connectivity index (χ0) is 15.3. The minimum atomic E-state index is -4.63. The topological polar surface area (TPSA) is 50.1 Å². The third-order valence-corrected chi connectivity index (χ3v) is 2.88. The molecule has 0 aliphatic carbocycles. The van der Waals surface area contributed by atoms with E-state index in [2.05, 4.69) is 4.74 Å². The molecule has 0 radical (unpaired) electrons. The van der Waals surface area contributed by atoms with Crippen molar-refractivity contribution in [1.82, 2.24) is 0 Å². The summed E-state index contributed by atoms with van der Waals surface area (Å²) in [5.74, 6) is -1.08. The number of carbonyl (C=O) groups is 1. The van der Waals surface area contributed by atoms with E-state index in [0.717, 1.165) is 12.1 Å². The lowest BCUT2D eigenvalue weighted by molar-refractivity contribution is -0.143. The highest BCUT2D eigenvalue weighted by molar-refractivity contribution is 6.17. The molecule has 7 heteroatoms. The van der Waals surface area contributed by atoms with Crippen molar-refractivity contribution in [1.29, 1.82) is 5.26 Å². The van der Waals surface area contributed by atoms with Gasteiger partial charge < -0.3 is 4.74 Å². The normalized spacial score (nSPS) is 11.0. The molecule has 0 fully saturated rings. The maximum absolute atomic E-state index is 13.0. The Labute approximate surface area is 118 Å². The summed E-state index contributed by atoms with van der Waals surface area (Å²) >= 11 is 5.63. The van der Waals surface area contributed by atoms with Gasteiger partial charge in [-0.1, -0.05) is 0 Å². The van der Waals surface area contributed by atoms with E-state index < -0.39 is 24.1 Å². The number of carbonyl (C=O) groups excluding carboxylic acids is 1. The van der Waals surface area contributed by atoms with Crippen LogP contribution in [0, 0.1) is 11.3 Å². The number of rotatable bonds is 4. The summed E-state index contributed by atoms with van der Waals surface area (Å²) in [5, 5.41) is 8.90. The number of hydrogen-bond acceptors (Lipinski definition) is 3. The van der Waals surface area contributed by atoms with Crippen molar-refractivity contribution in [3.05, 3.63) is 34.4 Å². The molecular weight excluding hydrogens is 295 g/mol. The number of nitriles is 1. The summed E-state index contributed by atoms with van der Waals surface area (Å²) in [6.45, 7) is 1.62. The molecule has 0 bridgehead atoms. The van der Waals surface area contributed by atoms with E-state index in [-0.39, 0.29) is 29.2 Å². The van der Waals surface area contributed by atoms with Crippen LogP contribution in [-0.2, 0) is 28.0 Å². The van der Waals surface area contributed by atoms with Crippen LogP contribution in [-0.4, -0.2) is 12.6 Å². The maximum atomic E-state index is 13.0. The summed E-state index contributed by atoms with van der Waals surface area (Å²) in [6, 6.07) is 3.60. The number of esters is 1. The van der Waals surface area contributed by atoms with Crippen LogP contribution in [0.3, 0.4) is 0 Å². The zero-order valence-electron chi connectivity index (χ0n) is 10.6. The molecule has 0 aliphatic rings. The van der Waals surface area contributed by atoms with E-state index in [0.29, 0.717) is 0 Å². The van der Waals surface area contributed by atoms with E-state index in [9.17, 15) is 18.0 Å². The van der Waals surface area contributed by atoms with Gasteiger partial charge in [-0.05, 0) is 30.2 Å². The van der Waals surface area contributed by atoms with Crippen LogP contribution in [0.5, 0.6) is 0 Å². The van der Waals surface area contributed by atoms with Gasteiger partial charge in [-0.3, -0.25) is 4.79 Å². The second-order valence-corrected chi connectivity index (χ2v) is 4.11. The second-order valence-electron chi connectivity index (χ2n) is 3.84. The molecule has 0 amide bonds. The molecule has 108 valence electrons. The van der Waals surface area contributed by atoms with Crippen molar-refractivity contribution in [2.45, 2.75) is 25.4 Å². The second kappa shape index (κ2) is 6.62. The van der Waals surface area contributed by atoms with Crippen LogP contribution in [0.15, 0.2) is 12.1 Å². The van der Waals surface area contributed by atoms with Gasteiger partial charge in [-0.2, -0.15) is 18.4 Å². The fourth-order valence-corrected chi connectivity index (χ4v) is 2.08.